The number of halogens is 1. The highest BCUT2D eigenvalue weighted by molar-refractivity contribution is 6.09. The Morgan fingerprint density at radius 1 is 1.10 bits per heavy atom. The quantitative estimate of drug-likeness (QED) is 0.905. The molecule has 0 aliphatic rings. The van der Waals surface area contributed by atoms with Crippen molar-refractivity contribution in [3.8, 4) is 11.5 Å². The van der Waals surface area contributed by atoms with Gasteiger partial charge in [0, 0.05) is 12.2 Å². The minimum atomic E-state index is -0.547. The minimum Gasteiger partial charge on any atom is -0.507 e. The third-order valence-corrected chi connectivity index (χ3v) is 2.93. The number of hydrogen-bond donors (Lipinski definition) is 2. The Bertz CT molecular complexity index is 605. The van der Waals surface area contributed by atoms with E-state index in [0.717, 1.165) is 0 Å². The molecule has 0 spiro atoms. The maximum absolute atomic E-state index is 12.9. The molecule has 2 rings (SSSR count). The number of phenols is 2. The van der Waals surface area contributed by atoms with Crippen LogP contribution in [-0.2, 0) is 0 Å². The van der Waals surface area contributed by atoms with Crippen molar-refractivity contribution in [2.45, 2.75) is 6.92 Å². The number of carbonyl (C=O) groups excluding carboxylic acids is 1. The monoisotopic (exact) mass is 275 g/mol. The van der Waals surface area contributed by atoms with Gasteiger partial charge in [0.25, 0.3) is 5.91 Å². The summed E-state index contributed by atoms with van der Waals surface area (Å²) in [4.78, 5) is 13.8. The molecule has 0 heterocycles. The summed E-state index contributed by atoms with van der Waals surface area (Å²) in [7, 11) is 0. The fourth-order valence-electron chi connectivity index (χ4n) is 1.95. The second-order valence-electron chi connectivity index (χ2n) is 4.20. The number of aromatic hydroxyl groups is 2. The SMILES string of the molecule is CCN(C(=O)c1c(O)cccc1O)c1ccc(F)cc1. The number of phenolic OH excluding ortho intramolecular Hbond substituents is 2. The Hall–Kier alpha value is -2.56. The molecule has 0 aliphatic heterocycles. The second kappa shape index (κ2) is 5.61. The molecule has 0 unspecified atom stereocenters. The molecule has 0 saturated carbocycles. The molecule has 0 radical (unpaired) electrons. The molecule has 0 aliphatic carbocycles. The average molecular weight is 275 g/mol. The van der Waals surface area contributed by atoms with E-state index in [1.54, 1.807) is 6.92 Å². The minimum absolute atomic E-state index is 0.168. The molecule has 2 N–H and O–H groups in total. The van der Waals surface area contributed by atoms with Gasteiger partial charge in [-0.3, -0.25) is 4.79 Å². The van der Waals surface area contributed by atoms with Crippen molar-refractivity contribution in [1.82, 2.24) is 0 Å². The molecule has 0 bridgehead atoms. The van der Waals surface area contributed by atoms with Crippen LogP contribution < -0.4 is 4.90 Å². The molecule has 1 amide bonds. The van der Waals surface area contributed by atoms with E-state index in [0.29, 0.717) is 12.2 Å². The highest BCUT2D eigenvalue weighted by atomic mass is 19.1. The molecule has 5 heteroatoms. The van der Waals surface area contributed by atoms with Crippen LogP contribution in [0.15, 0.2) is 42.5 Å². The van der Waals surface area contributed by atoms with Crippen molar-refractivity contribution in [1.29, 1.82) is 0 Å². The molecule has 2 aromatic carbocycles. The lowest BCUT2D eigenvalue weighted by atomic mass is 10.1. The summed E-state index contributed by atoms with van der Waals surface area (Å²) in [5.74, 6) is -1.54. The van der Waals surface area contributed by atoms with Crippen molar-refractivity contribution in [2.75, 3.05) is 11.4 Å². The third-order valence-electron chi connectivity index (χ3n) is 2.93. The van der Waals surface area contributed by atoms with Crippen LogP contribution in [0.4, 0.5) is 10.1 Å². The van der Waals surface area contributed by atoms with Crippen molar-refractivity contribution in [3.63, 3.8) is 0 Å². The topological polar surface area (TPSA) is 60.8 Å². The molecule has 0 fully saturated rings. The van der Waals surface area contributed by atoms with Crippen LogP contribution >= 0.6 is 0 Å². The van der Waals surface area contributed by atoms with E-state index in [4.69, 9.17) is 0 Å². The van der Waals surface area contributed by atoms with Crippen LogP contribution in [0, 0.1) is 5.82 Å². The Morgan fingerprint density at radius 2 is 1.65 bits per heavy atom. The number of carbonyl (C=O) groups is 1. The highest BCUT2D eigenvalue weighted by Gasteiger charge is 2.22. The summed E-state index contributed by atoms with van der Waals surface area (Å²) in [6.07, 6.45) is 0. The molecule has 104 valence electrons. The van der Waals surface area contributed by atoms with Crippen LogP contribution in [0.3, 0.4) is 0 Å². The van der Waals surface area contributed by atoms with Crippen LogP contribution in [0.1, 0.15) is 17.3 Å². The van der Waals surface area contributed by atoms with Crippen molar-refractivity contribution in [2.24, 2.45) is 0 Å². The van der Waals surface area contributed by atoms with Crippen LogP contribution in [0.5, 0.6) is 11.5 Å². The van der Waals surface area contributed by atoms with E-state index in [9.17, 15) is 19.4 Å². The summed E-state index contributed by atoms with van der Waals surface area (Å²) >= 11 is 0. The van der Waals surface area contributed by atoms with Crippen molar-refractivity contribution < 1.29 is 19.4 Å². The molecular weight excluding hydrogens is 261 g/mol. The van der Waals surface area contributed by atoms with Crippen molar-refractivity contribution >= 4 is 11.6 Å². The Balaban J connectivity index is 2.42. The summed E-state index contributed by atoms with van der Waals surface area (Å²) in [5.41, 5.74) is 0.320. The number of amides is 1. The number of rotatable bonds is 3. The zero-order chi connectivity index (χ0) is 14.7. The maximum atomic E-state index is 12.9. The van der Waals surface area contributed by atoms with Gasteiger partial charge in [0.15, 0.2) is 0 Å². The first kappa shape index (κ1) is 13.9. The van der Waals surface area contributed by atoms with Gasteiger partial charge < -0.3 is 15.1 Å². The first-order chi connectivity index (χ1) is 9.54. The fraction of sp³-hybridized carbons (Fsp3) is 0.133. The molecule has 4 nitrogen and oxygen atoms in total. The van der Waals surface area contributed by atoms with Gasteiger partial charge in [-0.25, -0.2) is 4.39 Å². The summed E-state index contributed by atoms with van der Waals surface area (Å²) in [6.45, 7) is 2.07. The van der Waals surface area contributed by atoms with Crippen LogP contribution in [0.2, 0.25) is 0 Å². The van der Waals surface area contributed by atoms with E-state index in [1.165, 1.54) is 47.4 Å². The third kappa shape index (κ3) is 2.56. The van der Waals surface area contributed by atoms with Crippen LogP contribution in [-0.4, -0.2) is 22.7 Å². The Morgan fingerprint density at radius 3 is 2.15 bits per heavy atom. The van der Waals surface area contributed by atoms with Crippen LogP contribution in [0.25, 0.3) is 0 Å². The first-order valence-electron chi connectivity index (χ1n) is 6.13. The van der Waals surface area contributed by atoms with Gasteiger partial charge >= 0.3 is 0 Å². The molecule has 0 atom stereocenters. The maximum Gasteiger partial charge on any atom is 0.265 e. The van der Waals surface area contributed by atoms with E-state index in [-0.39, 0.29) is 17.1 Å². The zero-order valence-corrected chi connectivity index (χ0v) is 10.9. The summed E-state index contributed by atoms with van der Waals surface area (Å²) in [5, 5.41) is 19.5. The largest absolute Gasteiger partial charge is 0.507 e. The Kier molecular flexibility index (Phi) is 3.89. The molecule has 0 saturated heterocycles. The van der Waals surface area contributed by atoms with Gasteiger partial charge in [-0.15, -0.1) is 0 Å². The normalized spacial score (nSPS) is 10.3. The lowest BCUT2D eigenvalue weighted by Crippen LogP contribution is -2.30. The second-order valence-corrected chi connectivity index (χ2v) is 4.20. The smallest absolute Gasteiger partial charge is 0.265 e. The van der Waals surface area contributed by atoms with Gasteiger partial charge in [-0.05, 0) is 43.3 Å². The number of nitrogens with zero attached hydrogens (tertiary/aromatic N) is 1. The molecular formula is C15H14FNO3. The van der Waals surface area contributed by atoms with Gasteiger partial charge in [0.1, 0.15) is 22.9 Å². The van der Waals surface area contributed by atoms with E-state index >= 15 is 0 Å². The lowest BCUT2D eigenvalue weighted by molar-refractivity contribution is 0.0983. The summed E-state index contributed by atoms with van der Waals surface area (Å²) < 4.78 is 12.9. The fourth-order valence-corrected chi connectivity index (χ4v) is 1.95. The molecule has 2 aromatic rings. The Labute approximate surface area is 115 Å². The lowest BCUT2D eigenvalue weighted by Gasteiger charge is -2.22. The van der Waals surface area contributed by atoms with Gasteiger partial charge in [-0.1, -0.05) is 6.07 Å². The number of hydrogen-bond acceptors (Lipinski definition) is 3. The van der Waals surface area contributed by atoms with Gasteiger partial charge in [-0.2, -0.15) is 0 Å². The predicted molar refractivity (Wildman–Crippen MR) is 73.5 cm³/mol. The average Bonchev–Trinajstić information content (AvgIpc) is 2.41. The zero-order valence-electron chi connectivity index (χ0n) is 10.9. The van der Waals surface area contributed by atoms with Gasteiger partial charge in [0.05, 0.1) is 0 Å². The van der Waals surface area contributed by atoms with Crippen molar-refractivity contribution in [3.05, 3.63) is 53.8 Å². The van der Waals surface area contributed by atoms with E-state index in [1.807, 2.05) is 0 Å². The standard InChI is InChI=1S/C15H14FNO3/c1-2-17(11-8-6-10(16)7-9-11)15(20)14-12(18)4-3-5-13(14)19/h3-9,18-19H,2H2,1H3. The van der Waals surface area contributed by atoms with Gasteiger partial charge in [0.2, 0.25) is 0 Å². The highest BCUT2D eigenvalue weighted by Crippen LogP contribution is 2.29. The number of anilines is 1. The molecule has 20 heavy (non-hydrogen) atoms. The first-order valence-corrected chi connectivity index (χ1v) is 6.13. The number of benzene rings is 2. The predicted octanol–water partition coefficient (Wildman–Crippen LogP) is 2.90. The summed E-state index contributed by atoms with van der Waals surface area (Å²) in [6, 6.07) is 9.51. The van der Waals surface area contributed by atoms with E-state index < -0.39 is 11.7 Å². The molecule has 0 aromatic heterocycles. The van der Waals surface area contributed by atoms with E-state index in [2.05, 4.69) is 0 Å².